The van der Waals surface area contributed by atoms with Crippen LogP contribution in [-0.4, -0.2) is 18.4 Å². The standard InChI is InChI=1S/C22H28N2O2/c1-5-18-10-12-20(13-11-18)23-21(26)14-15-24(17(4)25)22-16(3)8-7-9-19(22)6-2/h7-13H,5-6,14-15H2,1-4H3,(H,23,26). The lowest BCUT2D eigenvalue weighted by molar-refractivity contribution is -0.117. The summed E-state index contributed by atoms with van der Waals surface area (Å²) >= 11 is 0. The highest BCUT2D eigenvalue weighted by molar-refractivity contribution is 5.95. The summed E-state index contributed by atoms with van der Waals surface area (Å²) in [5.74, 6) is -0.138. The monoisotopic (exact) mass is 352 g/mol. The van der Waals surface area contributed by atoms with Gasteiger partial charge in [0, 0.05) is 31.3 Å². The van der Waals surface area contributed by atoms with Crippen LogP contribution in [0, 0.1) is 6.92 Å². The maximum Gasteiger partial charge on any atom is 0.226 e. The minimum absolute atomic E-state index is 0.0471. The van der Waals surface area contributed by atoms with Gasteiger partial charge in [-0.1, -0.05) is 44.2 Å². The van der Waals surface area contributed by atoms with Crippen LogP contribution in [0.1, 0.15) is 43.9 Å². The summed E-state index contributed by atoms with van der Waals surface area (Å²) in [4.78, 5) is 26.2. The van der Waals surface area contributed by atoms with Gasteiger partial charge in [-0.15, -0.1) is 0 Å². The number of nitrogens with one attached hydrogen (secondary N) is 1. The van der Waals surface area contributed by atoms with Gasteiger partial charge in [0.25, 0.3) is 0 Å². The van der Waals surface area contributed by atoms with E-state index in [0.717, 1.165) is 35.3 Å². The van der Waals surface area contributed by atoms with Gasteiger partial charge in [0.05, 0.1) is 0 Å². The predicted molar refractivity (Wildman–Crippen MR) is 108 cm³/mol. The molecule has 0 aliphatic rings. The van der Waals surface area contributed by atoms with Crippen LogP contribution < -0.4 is 10.2 Å². The number of hydrogen-bond acceptors (Lipinski definition) is 2. The normalized spacial score (nSPS) is 10.5. The molecular weight excluding hydrogens is 324 g/mol. The molecule has 0 aliphatic heterocycles. The van der Waals surface area contributed by atoms with Crippen LogP contribution in [0.15, 0.2) is 42.5 Å². The molecular formula is C22H28N2O2. The lowest BCUT2D eigenvalue weighted by atomic mass is 10.0. The molecule has 0 aliphatic carbocycles. The zero-order valence-electron chi connectivity index (χ0n) is 16.1. The van der Waals surface area contributed by atoms with Crippen LogP contribution in [0.5, 0.6) is 0 Å². The van der Waals surface area contributed by atoms with Gasteiger partial charge in [-0.25, -0.2) is 0 Å². The molecule has 0 saturated carbocycles. The van der Waals surface area contributed by atoms with Crippen LogP contribution in [0.2, 0.25) is 0 Å². The Kier molecular flexibility index (Phi) is 6.96. The van der Waals surface area contributed by atoms with E-state index in [1.165, 1.54) is 5.56 Å². The first-order valence-corrected chi connectivity index (χ1v) is 9.21. The zero-order valence-corrected chi connectivity index (χ0v) is 16.1. The number of anilines is 2. The molecule has 0 spiro atoms. The van der Waals surface area contributed by atoms with Crippen molar-refractivity contribution in [2.24, 2.45) is 0 Å². The van der Waals surface area contributed by atoms with Crippen molar-refractivity contribution in [2.75, 3.05) is 16.8 Å². The number of carbonyl (C=O) groups is 2. The molecule has 0 radical (unpaired) electrons. The average molecular weight is 352 g/mol. The molecule has 0 atom stereocenters. The summed E-state index contributed by atoms with van der Waals surface area (Å²) in [5.41, 5.74) is 5.12. The van der Waals surface area contributed by atoms with E-state index >= 15 is 0 Å². The SMILES string of the molecule is CCc1ccc(NC(=O)CCN(C(C)=O)c2c(C)cccc2CC)cc1. The minimum atomic E-state index is -0.0906. The van der Waals surface area contributed by atoms with E-state index in [0.29, 0.717) is 6.54 Å². The second-order valence-corrected chi connectivity index (χ2v) is 6.46. The topological polar surface area (TPSA) is 49.4 Å². The molecule has 1 N–H and O–H groups in total. The second-order valence-electron chi connectivity index (χ2n) is 6.46. The predicted octanol–water partition coefficient (Wildman–Crippen LogP) is 4.50. The summed E-state index contributed by atoms with van der Waals surface area (Å²) in [6, 6.07) is 13.9. The van der Waals surface area contributed by atoms with Crippen LogP contribution in [0.3, 0.4) is 0 Å². The first kappa shape index (κ1) is 19.7. The van der Waals surface area contributed by atoms with Crippen LogP contribution in [0.4, 0.5) is 11.4 Å². The van der Waals surface area contributed by atoms with Crippen LogP contribution in [0.25, 0.3) is 0 Å². The molecule has 0 heterocycles. The fourth-order valence-corrected chi connectivity index (χ4v) is 3.08. The molecule has 2 aromatic carbocycles. The Morgan fingerprint density at radius 1 is 1.00 bits per heavy atom. The van der Waals surface area contributed by atoms with Gasteiger partial charge in [0.15, 0.2) is 0 Å². The Morgan fingerprint density at radius 3 is 2.27 bits per heavy atom. The average Bonchev–Trinajstić information content (AvgIpc) is 2.63. The van der Waals surface area contributed by atoms with Gasteiger partial charge in [-0.05, 0) is 48.6 Å². The van der Waals surface area contributed by atoms with Gasteiger partial charge in [-0.3, -0.25) is 9.59 Å². The highest BCUT2D eigenvalue weighted by Gasteiger charge is 2.18. The Morgan fingerprint density at radius 2 is 1.69 bits per heavy atom. The molecule has 2 amide bonds. The van der Waals surface area contributed by atoms with Crippen molar-refractivity contribution < 1.29 is 9.59 Å². The quantitative estimate of drug-likeness (QED) is 0.797. The van der Waals surface area contributed by atoms with Crippen molar-refractivity contribution in [3.05, 3.63) is 59.2 Å². The van der Waals surface area contributed by atoms with E-state index in [4.69, 9.17) is 0 Å². The summed E-state index contributed by atoms with van der Waals surface area (Å²) in [6.07, 6.45) is 2.07. The summed E-state index contributed by atoms with van der Waals surface area (Å²) in [5, 5.41) is 2.91. The highest BCUT2D eigenvalue weighted by Crippen LogP contribution is 2.26. The number of carbonyl (C=O) groups excluding carboxylic acids is 2. The van der Waals surface area contributed by atoms with Gasteiger partial charge in [-0.2, -0.15) is 0 Å². The van der Waals surface area contributed by atoms with Gasteiger partial charge in [0.2, 0.25) is 11.8 Å². The minimum Gasteiger partial charge on any atom is -0.326 e. The van der Waals surface area contributed by atoms with E-state index in [9.17, 15) is 9.59 Å². The second kappa shape index (κ2) is 9.18. The molecule has 0 bridgehead atoms. The van der Waals surface area contributed by atoms with E-state index in [-0.39, 0.29) is 18.2 Å². The Hall–Kier alpha value is -2.62. The third-order valence-corrected chi connectivity index (χ3v) is 4.56. The van der Waals surface area contributed by atoms with Gasteiger partial charge in [0.1, 0.15) is 0 Å². The third-order valence-electron chi connectivity index (χ3n) is 4.56. The molecule has 138 valence electrons. The fraction of sp³-hybridized carbons (Fsp3) is 0.364. The van der Waals surface area contributed by atoms with Gasteiger partial charge >= 0.3 is 0 Å². The molecule has 4 heteroatoms. The van der Waals surface area contributed by atoms with Gasteiger partial charge < -0.3 is 10.2 Å². The third kappa shape index (κ3) is 4.94. The molecule has 0 aromatic heterocycles. The first-order chi connectivity index (χ1) is 12.5. The van der Waals surface area contributed by atoms with E-state index < -0.39 is 0 Å². The number of benzene rings is 2. The first-order valence-electron chi connectivity index (χ1n) is 9.21. The molecule has 0 fully saturated rings. The van der Waals surface area contributed by atoms with Crippen molar-refractivity contribution >= 4 is 23.2 Å². The lowest BCUT2D eigenvalue weighted by Crippen LogP contribution is -2.33. The Balaban J connectivity index is 2.07. The maximum absolute atomic E-state index is 12.3. The number of rotatable bonds is 7. The summed E-state index contributed by atoms with van der Waals surface area (Å²) in [7, 11) is 0. The van der Waals surface area contributed by atoms with E-state index in [2.05, 4.69) is 19.2 Å². The fourth-order valence-electron chi connectivity index (χ4n) is 3.08. The number of aryl methyl sites for hydroxylation is 3. The van der Waals surface area contributed by atoms with E-state index in [1.54, 1.807) is 11.8 Å². The Labute approximate surface area is 156 Å². The largest absolute Gasteiger partial charge is 0.326 e. The van der Waals surface area contributed by atoms with Crippen molar-refractivity contribution in [3.63, 3.8) is 0 Å². The van der Waals surface area contributed by atoms with Crippen LogP contribution >= 0.6 is 0 Å². The maximum atomic E-state index is 12.3. The van der Waals surface area contributed by atoms with Crippen molar-refractivity contribution in [1.29, 1.82) is 0 Å². The van der Waals surface area contributed by atoms with Crippen LogP contribution in [-0.2, 0) is 22.4 Å². The number of para-hydroxylation sites is 1. The van der Waals surface area contributed by atoms with E-state index in [1.807, 2.05) is 49.4 Å². The summed E-state index contributed by atoms with van der Waals surface area (Å²) in [6.45, 7) is 8.09. The lowest BCUT2D eigenvalue weighted by Gasteiger charge is -2.25. The molecule has 2 aromatic rings. The van der Waals surface area contributed by atoms with Crippen molar-refractivity contribution in [1.82, 2.24) is 0 Å². The van der Waals surface area contributed by atoms with Crippen molar-refractivity contribution in [3.8, 4) is 0 Å². The molecule has 4 nitrogen and oxygen atoms in total. The highest BCUT2D eigenvalue weighted by atomic mass is 16.2. The molecule has 2 rings (SSSR count). The Bertz CT molecular complexity index is 766. The molecule has 26 heavy (non-hydrogen) atoms. The molecule has 0 unspecified atom stereocenters. The zero-order chi connectivity index (χ0) is 19.1. The summed E-state index contributed by atoms with van der Waals surface area (Å²) < 4.78 is 0. The molecule has 0 saturated heterocycles. The number of nitrogens with zero attached hydrogens (tertiary/aromatic N) is 1. The smallest absolute Gasteiger partial charge is 0.226 e. The number of amides is 2. The van der Waals surface area contributed by atoms with Crippen molar-refractivity contribution in [2.45, 2.75) is 47.0 Å². The number of hydrogen-bond donors (Lipinski definition) is 1.